The quantitative estimate of drug-likeness (QED) is 0.851. The van der Waals surface area contributed by atoms with Gasteiger partial charge in [0.15, 0.2) is 0 Å². The maximum atomic E-state index is 12.6. The zero-order valence-electron chi connectivity index (χ0n) is 11.0. The van der Waals surface area contributed by atoms with Crippen LogP contribution in [0.25, 0.3) is 0 Å². The second-order valence-electron chi connectivity index (χ2n) is 5.15. The summed E-state index contributed by atoms with van der Waals surface area (Å²) in [7, 11) is 0. The Hall–Kier alpha value is -1.63. The summed E-state index contributed by atoms with van der Waals surface area (Å²) < 4.78 is 42.8. The molecular formula is C13H15F3N2O2. The summed E-state index contributed by atoms with van der Waals surface area (Å²) >= 11 is 0. The molecule has 7 heteroatoms. The number of hydrogen-bond donors (Lipinski definition) is 0. The van der Waals surface area contributed by atoms with E-state index in [1.165, 1.54) is 6.20 Å². The van der Waals surface area contributed by atoms with Crippen LogP contribution in [0.2, 0.25) is 0 Å². The third kappa shape index (κ3) is 3.47. The highest BCUT2D eigenvalue weighted by Crippen LogP contribution is 2.31. The summed E-state index contributed by atoms with van der Waals surface area (Å²) in [6.07, 6.45) is -2.95. The fourth-order valence-electron chi connectivity index (χ4n) is 2.02. The number of rotatable bonds is 4. The van der Waals surface area contributed by atoms with Gasteiger partial charge in [-0.2, -0.15) is 13.2 Å². The second kappa shape index (κ2) is 5.40. The Kier molecular flexibility index (Phi) is 3.99. The van der Waals surface area contributed by atoms with E-state index in [1.54, 1.807) is 25.1 Å². The van der Waals surface area contributed by atoms with Crippen molar-refractivity contribution >= 4 is 5.91 Å². The number of nitrogens with zero attached hydrogens (tertiary/aromatic N) is 2. The molecule has 2 heterocycles. The Labute approximate surface area is 114 Å². The summed E-state index contributed by atoms with van der Waals surface area (Å²) in [5.74, 6) is -0.549. The van der Waals surface area contributed by atoms with E-state index in [1.807, 2.05) is 0 Å². The minimum atomic E-state index is -4.44. The predicted octanol–water partition coefficient (Wildman–Crippen LogP) is 2.01. The van der Waals surface area contributed by atoms with E-state index < -0.39 is 24.0 Å². The molecule has 0 aromatic carbocycles. The van der Waals surface area contributed by atoms with Crippen LogP contribution in [0.3, 0.4) is 0 Å². The van der Waals surface area contributed by atoms with Gasteiger partial charge < -0.3 is 9.64 Å². The highest BCUT2D eigenvalue weighted by Gasteiger charge is 2.46. The van der Waals surface area contributed by atoms with Crippen molar-refractivity contribution in [2.75, 3.05) is 19.8 Å². The van der Waals surface area contributed by atoms with Crippen molar-refractivity contribution in [1.82, 2.24) is 9.88 Å². The minimum absolute atomic E-state index is 0.155. The Bertz CT molecular complexity index is 472. The lowest BCUT2D eigenvalue weighted by Crippen LogP contribution is -2.54. The van der Waals surface area contributed by atoms with E-state index >= 15 is 0 Å². The standard InChI is InChI=1S/C13H15F3N2O2/c1-12(8-20-9-12)11(19)18(7-13(14,15)16)6-10-4-2-3-5-17-10/h2-5H,6-9H2,1H3. The van der Waals surface area contributed by atoms with E-state index in [0.717, 1.165) is 4.90 Å². The van der Waals surface area contributed by atoms with Gasteiger partial charge in [0.1, 0.15) is 6.54 Å². The van der Waals surface area contributed by atoms with Crippen molar-refractivity contribution in [2.45, 2.75) is 19.6 Å². The summed E-state index contributed by atoms with van der Waals surface area (Å²) in [6, 6.07) is 4.93. The second-order valence-corrected chi connectivity index (χ2v) is 5.15. The smallest absolute Gasteiger partial charge is 0.379 e. The molecule has 0 radical (unpaired) electrons. The van der Waals surface area contributed by atoms with Crippen LogP contribution < -0.4 is 0 Å². The minimum Gasteiger partial charge on any atom is -0.379 e. The highest BCUT2D eigenvalue weighted by atomic mass is 19.4. The molecule has 0 saturated carbocycles. The SMILES string of the molecule is CC1(C(=O)N(Cc2ccccn2)CC(F)(F)F)COC1. The van der Waals surface area contributed by atoms with Crippen LogP contribution in [-0.2, 0) is 16.1 Å². The summed E-state index contributed by atoms with van der Waals surface area (Å²) in [5, 5.41) is 0. The zero-order chi connectivity index (χ0) is 14.8. The molecule has 0 spiro atoms. The molecule has 1 aromatic rings. The molecule has 1 saturated heterocycles. The monoisotopic (exact) mass is 288 g/mol. The maximum Gasteiger partial charge on any atom is 0.406 e. The van der Waals surface area contributed by atoms with Gasteiger partial charge in [-0.15, -0.1) is 0 Å². The van der Waals surface area contributed by atoms with E-state index in [2.05, 4.69) is 4.98 Å². The number of amides is 1. The zero-order valence-corrected chi connectivity index (χ0v) is 11.0. The lowest BCUT2D eigenvalue weighted by molar-refractivity contribution is -0.186. The van der Waals surface area contributed by atoms with Gasteiger partial charge in [-0.3, -0.25) is 9.78 Å². The highest BCUT2D eigenvalue weighted by molar-refractivity contribution is 5.83. The van der Waals surface area contributed by atoms with Crippen LogP contribution in [0.1, 0.15) is 12.6 Å². The fraction of sp³-hybridized carbons (Fsp3) is 0.538. The Morgan fingerprint density at radius 1 is 1.45 bits per heavy atom. The number of ether oxygens (including phenoxy) is 1. The summed E-state index contributed by atoms with van der Waals surface area (Å²) in [4.78, 5) is 17.0. The van der Waals surface area contributed by atoms with Crippen molar-refractivity contribution in [1.29, 1.82) is 0 Å². The molecule has 1 amide bonds. The van der Waals surface area contributed by atoms with Crippen LogP contribution in [0, 0.1) is 5.41 Å². The van der Waals surface area contributed by atoms with Gasteiger partial charge in [-0.25, -0.2) is 0 Å². The Morgan fingerprint density at radius 3 is 2.60 bits per heavy atom. The lowest BCUT2D eigenvalue weighted by Gasteiger charge is -2.40. The van der Waals surface area contributed by atoms with Gasteiger partial charge in [-0.05, 0) is 19.1 Å². The normalized spacial score (nSPS) is 17.4. The Balaban J connectivity index is 2.14. The first kappa shape index (κ1) is 14.8. The first-order valence-corrected chi connectivity index (χ1v) is 6.14. The lowest BCUT2D eigenvalue weighted by atomic mass is 9.87. The molecule has 1 aliphatic rings. The summed E-state index contributed by atoms with van der Waals surface area (Å²) in [6.45, 7) is 0.484. The van der Waals surface area contributed by atoms with Crippen molar-refractivity contribution < 1.29 is 22.7 Å². The van der Waals surface area contributed by atoms with Crippen molar-refractivity contribution in [3.63, 3.8) is 0 Å². The first-order chi connectivity index (χ1) is 9.30. The number of alkyl halides is 3. The topological polar surface area (TPSA) is 42.4 Å². The number of pyridine rings is 1. The van der Waals surface area contributed by atoms with Gasteiger partial charge in [-0.1, -0.05) is 6.07 Å². The van der Waals surface area contributed by atoms with Crippen LogP contribution in [-0.4, -0.2) is 41.7 Å². The predicted molar refractivity (Wildman–Crippen MR) is 64.6 cm³/mol. The largest absolute Gasteiger partial charge is 0.406 e. The van der Waals surface area contributed by atoms with E-state index in [9.17, 15) is 18.0 Å². The van der Waals surface area contributed by atoms with Crippen LogP contribution >= 0.6 is 0 Å². The molecule has 2 rings (SSSR count). The third-order valence-electron chi connectivity index (χ3n) is 3.09. The van der Waals surface area contributed by atoms with Gasteiger partial charge in [0.2, 0.25) is 5.91 Å². The van der Waals surface area contributed by atoms with Gasteiger partial charge in [0, 0.05) is 6.20 Å². The number of halogens is 3. The number of hydrogen-bond acceptors (Lipinski definition) is 3. The molecule has 0 bridgehead atoms. The Morgan fingerprint density at radius 2 is 2.15 bits per heavy atom. The van der Waals surface area contributed by atoms with Crippen LogP contribution in [0.4, 0.5) is 13.2 Å². The van der Waals surface area contributed by atoms with Crippen LogP contribution in [0.15, 0.2) is 24.4 Å². The number of carbonyl (C=O) groups excluding carboxylic acids is 1. The fourth-order valence-corrected chi connectivity index (χ4v) is 2.02. The van der Waals surface area contributed by atoms with Gasteiger partial charge in [0.05, 0.1) is 30.9 Å². The molecule has 0 atom stereocenters. The molecule has 1 fully saturated rings. The van der Waals surface area contributed by atoms with Gasteiger partial charge in [0.25, 0.3) is 0 Å². The molecule has 20 heavy (non-hydrogen) atoms. The average molecular weight is 288 g/mol. The molecule has 1 aromatic heterocycles. The molecule has 0 aliphatic carbocycles. The molecule has 4 nitrogen and oxygen atoms in total. The van der Waals surface area contributed by atoms with Crippen LogP contribution in [0.5, 0.6) is 0 Å². The van der Waals surface area contributed by atoms with E-state index in [0.29, 0.717) is 5.69 Å². The summed E-state index contributed by atoms with van der Waals surface area (Å²) in [5.41, 5.74) is -0.436. The van der Waals surface area contributed by atoms with E-state index in [4.69, 9.17) is 4.74 Å². The molecular weight excluding hydrogens is 273 g/mol. The van der Waals surface area contributed by atoms with Crippen molar-refractivity contribution in [3.05, 3.63) is 30.1 Å². The molecule has 110 valence electrons. The average Bonchev–Trinajstić information content (AvgIpc) is 2.34. The maximum absolute atomic E-state index is 12.6. The van der Waals surface area contributed by atoms with E-state index in [-0.39, 0.29) is 19.8 Å². The first-order valence-electron chi connectivity index (χ1n) is 6.14. The molecule has 1 aliphatic heterocycles. The third-order valence-corrected chi connectivity index (χ3v) is 3.09. The number of aromatic nitrogens is 1. The van der Waals surface area contributed by atoms with Crippen molar-refractivity contribution in [3.8, 4) is 0 Å². The van der Waals surface area contributed by atoms with Gasteiger partial charge >= 0.3 is 6.18 Å². The van der Waals surface area contributed by atoms with Crippen molar-refractivity contribution in [2.24, 2.45) is 5.41 Å². The number of carbonyl (C=O) groups is 1. The molecule has 0 unspecified atom stereocenters. The molecule has 0 N–H and O–H groups in total.